The van der Waals surface area contributed by atoms with E-state index in [9.17, 15) is 14.0 Å². The summed E-state index contributed by atoms with van der Waals surface area (Å²) in [6, 6.07) is 11.0. The molecule has 0 radical (unpaired) electrons. The fraction of sp³-hybridized carbons (Fsp3) is 0.375. The minimum absolute atomic E-state index is 0.0260. The Morgan fingerprint density at radius 2 is 2.03 bits per heavy atom. The number of hydrogen-bond donors (Lipinski definition) is 1. The van der Waals surface area contributed by atoms with Crippen LogP contribution in [0.25, 0.3) is 10.9 Å². The zero-order valence-electron chi connectivity index (χ0n) is 17.7. The molecule has 0 aliphatic carbocycles. The topological polar surface area (TPSA) is 73.2 Å². The number of carbonyl (C=O) groups excluding carboxylic acids is 1. The maximum atomic E-state index is 14.5. The van der Waals surface area contributed by atoms with Crippen molar-refractivity contribution in [2.24, 2.45) is 0 Å². The van der Waals surface area contributed by atoms with E-state index < -0.39 is 6.30 Å². The molecule has 0 saturated carbocycles. The van der Waals surface area contributed by atoms with E-state index in [-0.39, 0.29) is 11.5 Å². The molecule has 2 aromatic carbocycles. The van der Waals surface area contributed by atoms with Crippen molar-refractivity contribution in [2.45, 2.75) is 45.4 Å². The maximum Gasteiger partial charge on any atom is 0.263 e. The van der Waals surface area contributed by atoms with E-state index >= 15 is 0 Å². The number of anilines is 1. The molecule has 0 bridgehead atoms. The second kappa shape index (κ2) is 8.98. The van der Waals surface area contributed by atoms with Crippen molar-refractivity contribution in [2.75, 3.05) is 18.5 Å². The van der Waals surface area contributed by atoms with Gasteiger partial charge in [-0.15, -0.1) is 0 Å². The van der Waals surface area contributed by atoms with E-state index in [1.807, 2.05) is 25.1 Å². The Kier molecular flexibility index (Phi) is 6.13. The summed E-state index contributed by atoms with van der Waals surface area (Å²) < 4.78 is 21.2. The number of nitrogens with zero attached hydrogens (tertiary/aromatic N) is 2. The second-order valence-corrected chi connectivity index (χ2v) is 7.98. The Morgan fingerprint density at radius 3 is 2.74 bits per heavy atom. The molecule has 6 nitrogen and oxygen atoms in total. The predicted octanol–water partition coefficient (Wildman–Crippen LogP) is 4.51. The van der Waals surface area contributed by atoms with Gasteiger partial charge in [0, 0.05) is 36.9 Å². The quantitative estimate of drug-likeness (QED) is 0.591. The van der Waals surface area contributed by atoms with E-state index in [4.69, 9.17) is 9.72 Å². The number of halogens is 1. The first-order chi connectivity index (χ1) is 15.0. The number of alkyl halides is 1. The first-order valence-corrected chi connectivity index (χ1v) is 10.5. The summed E-state index contributed by atoms with van der Waals surface area (Å²) in [6.07, 6.45) is 0.747. The highest BCUT2D eigenvalue weighted by Gasteiger charge is 2.25. The monoisotopic (exact) mass is 423 g/mol. The smallest absolute Gasteiger partial charge is 0.263 e. The van der Waals surface area contributed by atoms with Gasteiger partial charge in [0.15, 0.2) is 12.6 Å². The van der Waals surface area contributed by atoms with Crippen molar-refractivity contribution in [3.8, 4) is 0 Å². The molecule has 0 spiro atoms. The second-order valence-electron chi connectivity index (χ2n) is 7.98. The lowest BCUT2D eigenvalue weighted by Gasteiger charge is -2.25. The van der Waals surface area contributed by atoms with Crippen LogP contribution in [0.1, 0.15) is 59.3 Å². The summed E-state index contributed by atoms with van der Waals surface area (Å²) in [5.41, 5.74) is 3.21. The van der Waals surface area contributed by atoms with E-state index in [0.29, 0.717) is 60.6 Å². The molecular formula is C24H26FN3O3. The van der Waals surface area contributed by atoms with Gasteiger partial charge in [0.1, 0.15) is 5.82 Å². The summed E-state index contributed by atoms with van der Waals surface area (Å²) in [6.45, 7) is 4.80. The van der Waals surface area contributed by atoms with Crippen LogP contribution in [0.2, 0.25) is 0 Å². The van der Waals surface area contributed by atoms with Gasteiger partial charge in [0.25, 0.3) is 5.56 Å². The van der Waals surface area contributed by atoms with Crippen LogP contribution < -0.4 is 10.9 Å². The molecule has 4 rings (SSSR count). The highest BCUT2D eigenvalue weighted by molar-refractivity contribution is 5.85. The predicted molar refractivity (Wildman–Crippen MR) is 119 cm³/mol. The van der Waals surface area contributed by atoms with Crippen molar-refractivity contribution in [3.63, 3.8) is 0 Å². The molecule has 1 fully saturated rings. The summed E-state index contributed by atoms with van der Waals surface area (Å²) in [7, 11) is 0. The van der Waals surface area contributed by atoms with Crippen LogP contribution in [0.15, 0.2) is 41.2 Å². The summed E-state index contributed by atoms with van der Waals surface area (Å²) in [5.74, 6) is 0.455. The number of fused-ring (bicyclic) bond motifs is 1. The number of hydrogen-bond acceptors (Lipinski definition) is 5. The van der Waals surface area contributed by atoms with Crippen LogP contribution in [-0.2, 0) is 11.3 Å². The van der Waals surface area contributed by atoms with Crippen molar-refractivity contribution in [1.29, 1.82) is 0 Å². The third kappa shape index (κ3) is 4.23. The van der Waals surface area contributed by atoms with E-state index in [1.165, 1.54) is 11.5 Å². The van der Waals surface area contributed by atoms with Gasteiger partial charge in [-0.05, 0) is 56.0 Å². The molecule has 2 heterocycles. The fourth-order valence-electron chi connectivity index (χ4n) is 4.22. The Balaban J connectivity index is 1.83. The van der Waals surface area contributed by atoms with Gasteiger partial charge in [-0.1, -0.05) is 18.2 Å². The van der Waals surface area contributed by atoms with Gasteiger partial charge in [-0.3, -0.25) is 14.2 Å². The number of carbonyl (C=O) groups is 1. The lowest BCUT2D eigenvalue weighted by Crippen LogP contribution is -2.30. The molecule has 0 amide bonds. The van der Waals surface area contributed by atoms with Gasteiger partial charge in [0.2, 0.25) is 0 Å². The van der Waals surface area contributed by atoms with Crippen molar-refractivity contribution in [3.05, 3.63) is 69.3 Å². The van der Waals surface area contributed by atoms with Crippen molar-refractivity contribution in [1.82, 2.24) is 9.55 Å². The van der Waals surface area contributed by atoms with Crippen LogP contribution >= 0.6 is 0 Å². The maximum absolute atomic E-state index is 14.5. The average Bonchev–Trinajstić information content (AvgIpc) is 2.78. The molecule has 1 unspecified atom stereocenters. The molecule has 7 heteroatoms. The summed E-state index contributed by atoms with van der Waals surface area (Å²) in [5, 5.41) is 3.69. The zero-order valence-corrected chi connectivity index (χ0v) is 17.7. The van der Waals surface area contributed by atoms with E-state index in [1.54, 1.807) is 18.2 Å². The molecule has 1 aliphatic rings. The molecule has 1 N–H and O–H groups in total. The minimum Gasteiger partial charge on any atom is -0.381 e. The average molecular weight is 423 g/mol. The molecular weight excluding hydrogens is 397 g/mol. The van der Waals surface area contributed by atoms with Gasteiger partial charge >= 0.3 is 0 Å². The van der Waals surface area contributed by atoms with Gasteiger partial charge in [-0.25, -0.2) is 9.37 Å². The number of benzene rings is 2. The standard InChI is InChI=1S/C24H26FN3O3/c1-15-11-19(13-26-21-6-4-3-5-18(21)14-29)22-20(12-15)24(30)28(16(2)25)23(27-22)17-7-9-31-10-8-17/h3-6,11-12,14,16-17,26H,7-10,13H2,1-2H3. The molecule has 1 aliphatic heterocycles. The molecule has 3 aromatic rings. The number of para-hydroxylation sites is 1. The Labute approximate surface area is 180 Å². The van der Waals surface area contributed by atoms with Gasteiger partial charge in [-0.2, -0.15) is 0 Å². The van der Waals surface area contributed by atoms with Crippen LogP contribution in [0.4, 0.5) is 10.1 Å². The Bertz CT molecular complexity index is 1170. The van der Waals surface area contributed by atoms with Gasteiger partial charge in [0.05, 0.1) is 10.9 Å². The molecule has 31 heavy (non-hydrogen) atoms. The van der Waals surface area contributed by atoms with Crippen molar-refractivity contribution >= 4 is 22.9 Å². The third-order valence-electron chi connectivity index (χ3n) is 5.75. The number of aromatic nitrogens is 2. The van der Waals surface area contributed by atoms with E-state index in [0.717, 1.165) is 17.4 Å². The normalized spacial score (nSPS) is 15.7. The number of nitrogens with one attached hydrogen (secondary N) is 1. The number of aryl methyl sites for hydroxylation is 1. The number of ether oxygens (including phenoxy) is 1. The number of aldehydes is 1. The third-order valence-corrected chi connectivity index (χ3v) is 5.75. The highest BCUT2D eigenvalue weighted by atomic mass is 19.1. The van der Waals surface area contributed by atoms with Gasteiger partial charge < -0.3 is 10.1 Å². The Morgan fingerprint density at radius 1 is 1.29 bits per heavy atom. The van der Waals surface area contributed by atoms with Crippen LogP contribution in [-0.4, -0.2) is 29.1 Å². The lowest BCUT2D eigenvalue weighted by molar-refractivity contribution is 0.0808. The summed E-state index contributed by atoms with van der Waals surface area (Å²) >= 11 is 0. The molecule has 1 atom stereocenters. The van der Waals surface area contributed by atoms with Crippen LogP contribution in [0.3, 0.4) is 0 Å². The van der Waals surface area contributed by atoms with E-state index in [2.05, 4.69) is 5.32 Å². The molecule has 1 aromatic heterocycles. The minimum atomic E-state index is -1.47. The molecule has 1 saturated heterocycles. The first-order valence-electron chi connectivity index (χ1n) is 10.5. The highest BCUT2D eigenvalue weighted by Crippen LogP contribution is 2.29. The Hall–Kier alpha value is -3.06. The molecule has 162 valence electrons. The largest absolute Gasteiger partial charge is 0.381 e. The first kappa shape index (κ1) is 21.2. The summed E-state index contributed by atoms with van der Waals surface area (Å²) in [4.78, 5) is 29.5. The number of rotatable bonds is 6. The van der Waals surface area contributed by atoms with Crippen LogP contribution in [0, 0.1) is 6.92 Å². The lowest BCUT2D eigenvalue weighted by atomic mass is 9.98. The van der Waals surface area contributed by atoms with Crippen molar-refractivity contribution < 1.29 is 13.9 Å². The zero-order chi connectivity index (χ0) is 22.0. The SMILES string of the molecule is Cc1cc(CNc2ccccc2C=O)c2nc(C3CCOCC3)n(C(C)F)c(=O)c2c1. The fourth-order valence-corrected chi connectivity index (χ4v) is 4.22. The van der Waals surface area contributed by atoms with Crippen LogP contribution in [0.5, 0.6) is 0 Å².